The Kier molecular flexibility index (Phi) is 6.15. The minimum absolute atomic E-state index is 0.150. The van der Waals surface area contributed by atoms with Gasteiger partial charge >= 0.3 is 5.97 Å². The molecule has 0 unspecified atom stereocenters. The SMILES string of the molecule is CCOC(=O)[C@@H]1CCCN(CC(=O)Nc2cccnc2Cl)C1. The number of ether oxygens (including phenoxy) is 1. The first-order chi connectivity index (χ1) is 10.6. The van der Waals surface area contributed by atoms with Crippen molar-refractivity contribution >= 4 is 29.2 Å². The largest absolute Gasteiger partial charge is 0.466 e. The van der Waals surface area contributed by atoms with E-state index in [0.717, 1.165) is 19.4 Å². The maximum absolute atomic E-state index is 12.1. The van der Waals surface area contributed by atoms with Crippen LogP contribution in [0.2, 0.25) is 5.15 Å². The van der Waals surface area contributed by atoms with Crippen molar-refractivity contribution in [3.8, 4) is 0 Å². The van der Waals surface area contributed by atoms with Crippen LogP contribution in [0.25, 0.3) is 0 Å². The van der Waals surface area contributed by atoms with Crippen molar-refractivity contribution in [2.75, 3.05) is 31.6 Å². The van der Waals surface area contributed by atoms with Crippen LogP contribution >= 0.6 is 11.6 Å². The molecule has 0 radical (unpaired) electrons. The number of halogens is 1. The monoisotopic (exact) mass is 325 g/mol. The van der Waals surface area contributed by atoms with E-state index in [1.165, 1.54) is 0 Å². The topological polar surface area (TPSA) is 71.5 Å². The highest BCUT2D eigenvalue weighted by Crippen LogP contribution is 2.19. The lowest BCUT2D eigenvalue weighted by atomic mass is 9.98. The molecule has 0 aromatic carbocycles. The molecule has 120 valence electrons. The summed E-state index contributed by atoms with van der Waals surface area (Å²) >= 11 is 5.91. The Labute approximate surface area is 134 Å². The molecule has 6 nitrogen and oxygen atoms in total. The number of amides is 1. The highest BCUT2D eigenvalue weighted by atomic mass is 35.5. The van der Waals surface area contributed by atoms with Crippen molar-refractivity contribution in [2.24, 2.45) is 5.92 Å². The summed E-state index contributed by atoms with van der Waals surface area (Å²) in [5.74, 6) is -0.495. The molecule has 1 atom stereocenters. The summed E-state index contributed by atoms with van der Waals surface area (Å²) in [6.07, 6.45) is 3.25. The molecule has 1 fully saturated rings. The number of carbonyl (C=O) groups is 2. The van der Waals surface area contributed by atoms with E-state index in [2.05, 4.69) is 10.3 Å². The first kappa shape index (κ1) is 16.7. The Bertz CT molecular complexity index is 539. The lowest BCUT2D eigenvalue weighted by molar-refractivity contribution is -0.150. The van der Waals surface area contributed by atoms with Gasteiger partial charge in [-0.15, -0.1) is 0 Å². The standard InChI is InChI=1S/C15H20ClN3O3/c1-2-22-15(21)11-5-4-8-19(9-11)10-13(20)18-12-6-3-7-17-14(12)16/h3,6-7,11H,2,4-5,8-10H2,1H3,(H,18,20)/t11-/m1/s1. The van der Waals surface area contributed by atoms with Gasteiger partial charge in [0.2, 0.25) is 5.91 Å². The number of anilines is 1. The van der Waals surface area contributed by atoms with Gasteiger partial charge in [-0.25, -0.2) is 4.98 Å². The summed E-state index contributed by atoms with van der Waals surface area (Å²) in [7, 11) is 0. The van der Waals surface area contributed by atoms with E-state index >= 15 is 0 Å². The van der Waals surface area contributed by atoms with Crippen molar-refractivity contribution in [1.29, 1.82) is 0 Å². The Morgan fingerprint density at radius 3 is 3.09 bits per heavy atom. The van der Waals surface area contributed by atoms with E-state index in [4.69, 9.17) is 16.3 Å². The normalized spacial score (nSPS) is 18.7. The van der Waals surface area contributed by atoms with E-state index < -0.39 is 0 Å². The van der Waals surface area contributed by atoms with E-state index in [-0.39, 0.29) is 29.5 Å². The van der Waals surface area contributed by atoms with Gasteiger partial charge < -0.3 is 10.1 Å². The van der Waals surface area contributed by atoms with Crippen LogP contribution in [-0.2, 0) is 14.3 Å². The molecule has 1 saturated heterocycles. The fourth-order valence-electron chi connectivity index (χ4n) is 2.52. The predicted molar refractivity (Wildman–Crippen MR) is 83.7 cm³/mol. The Morgan fingerprint density at radius 1 is 1.55 bits per heavy atom. The smallest absolute Gasteiger partial charge is 0.310 e. The zero-order valence-electron chi connectivity index (χ0n) is 12.5. The summed E-state index contributed by atoms with van der Waals surface area (Å²) in [6.45, 7) is 3.75. The molecular formula is C15H20ClN3O3. The predicted octanol–water partition coefficient (Wildman–Crippen LogP) is 1.95. The number of hydrogen-bond acceptors (Lipinski definition) is 5. The number of piperidine rings is 1. The third-order valence-electron chi connectivity index (χ3n) is 3.53. The van der Waals surface area contributed by atoms with Gasteiger partial charge in [0.1, 0.15) is 0 Å². The van der Waals surface area contributed by atoms with Crippen molar-refractivity contribution in [2.45, 2.75) is 19.8 Å². The zero-order valence-corrected chi connectivity index (χ0v) is 13.3. The molecule has 22 heavy (non-hydrogen) atoms. The molecule has 0 aliphatic carbocycles. The average molecular weight is 326 g/mol. The number of pyridine rings is 1. The number of carbonyl (C=O) groups excluding carboxylic acids is 2. The van der Waals surface area contributed by atoms with Crippen molar-refractivity contribution in [3.63, 3.8) is 0 Å². The third-order valence-corrected chi connectivity index (χ3v) is 3.83. The lowest BCUT2D eigenvalue weighted by Gasteiger charge is -2.30. The van der Waals surface area contributed by atoms with Gasteiger partial charge in [-0.2, -0.15) is 0 Å². The lowest BCUT2D eigenvalue weighted by Crippen LogP contribution is -2.43. The number of nitrogens with one attached hydrogen (secondary N) is 1. The molecule has 1 N–H and O–H groups in total. The van der Waals surface area contributed by atoms with Gasteiger partial charge in [0, 0.05) is 12.7 Å². The highest BCUT2D eigenvalue weighted by Gasteiger charge is 2.27. The van der Waals surface area contributed by atoms with Crippen LogP contribution < -0.4 is 5.32 Å². The minimum atomic E-state index is -0.178. The number of esters is 1. The minimum Gasteiger partial charge on any atom is -0.466 e. The van der Waals surface area contributed by atoms with Gasteiger partial charge in [-0.3, -0.25) is 14.5 Å². The van der Waals surface area contributed by atoms with Gasteiger partial charge in [0.25, 0.3) is 0 Å². The second-order valence-corrected chi connectivity index (χ2v) is 5.57. The highest BCUT2D eigenvalue weighted by molar-refractivity contribution is 6.32. The molecule has 1 amide bonds. The number of hydrogen-bond donors (Lipinski definition) is 1. The molecule has 2 rings (SSSR count). The van der Waals surface area contributed by atoms with Crippen molar-refractivity contribution in [3.05, 3.63) is 23.5 Å². The van der Waals surface area contributed by atoms with Crippen molar-refractivity contribution in [1.82, 2.24) is 9.88 Å². The zero-order chi connectivity index (χ0) is 15.9. The quantitative estimate of drug-likeness (QED) is 0.662. The summed E-state index contributed by atoms with van der Waals surface area (Å²) in [5, 5.41) is 3.00. The second-order valence-electron chi connectivity index (χ2n) is 5.22. The van der Waals surface area contributed by atoms with Crippen LogP contribution in [0.15, 0.2) is 18.3 Å². The van der Waals surface area contributed by atoms with E-state index in [1.807, 2.05) is 4.90 Å². The third kappa shape index (κ3) is 4.68. The summed E-state index contributed by atoms with van der Waals surface area (Å²) < 4.78 is 5.05. The maximum atomic E-state index is 12.1. The fraction of sp³-hybridized carbons (Fsp3) is 0.533. The van der Waals surface area contributed by atoms with Gasteiger partial charge in [-0.1, -0.05) is 11.6 Å². The Balaban J connectivity index is 1.86. The van der Waals surface area contributed by atoms with Crippen LogP contribution in [-0.4, -0.2) is 48.0 Å². The van der Waals surface area contributed by atoms with E-state index in [1.54, 1.807) is 25.3 Å². The fourth-order valence-corrected chi connectivity index (χ4v) is 2.69. The number of rotatable bonds is 5. The molecule has 1 aliphatic heterocycles. The van der Waals surface area contributed by atoms with Gasteiger partial charge in [0.15, 0.2) is 5.15 Å². The number of nitrogens with zero attached hydrogens (tertiary/aromatic N) is 2. The Hall–Kier alpha value is -1.66. The molecule has 7 heteroatoms. The number of likely N-dealkylation sites (tertiary alicyclic amines) is 1. The van der Waals surface area contributed by atoms with E-state index in [9.17, 15) is 9.59 Å². The van der Waals surface area contributed by atoms with Crippen LogP contribution in [0.5, 0.6) is 0 Å². The average Bonchev–Trinajstić information content (AvgIpc) is 2.50. The summed E-state index contributed by atoms with van der Waals surface area (Å²) in [6, 6.07) is 3.41. The van der Waals surface area contributed by atoms with Crippen LogP contribution in [0.4, 0.5) is 5.69 Å². The van der Waals surface area contributed by atoms with Crippen LogP contribution in [0, 0.1) is 5.92 Å². The molecule has 0 bridgehead atoms. The van der Waals surface area contributed by atoms with E-state index in [0.29, 0.717) is 18.8 Å². The maximum Gasteiger partial charge on any atom is 0.310 e. The first-order valence-electron chi connectivity index (χ1n) is 7.39. The number of aromatic nitrogens is 1. The summed E-state index contributed by atoms with van der Waals surface area (Å²) in [4.78, 5) is 29.7. The molecule has 0 saturated carbocycles. The molecule has 1 aromatic rings. The van der Waals surface area contributed by atoms with Crippen LogP contribution in [0.1, 0.15) is 19.8 Å². The molecule has 0 spiro atoms. The second kappa shape index (κ2) is 8.10. The molecule has 1 aromatic heterocycles. The summed E-state index contributed by atoms with van der Waals surface area (Å²) in [5.41, 5.74) is 0.494. The Morgan fingerprint density at radius 2 is 2.36 bits per heavy atom. The van der Waals surface area contributed by atoms with Gasteiger partial charge in [-0.05, 0) is 38.4 Å². The van der Waals surface area contributed by atoms with Crippen molar-refractivity contribution < 1.29 is 14.3 Å². The van der Waals surface area contributed by atoms with Crippen LogP contribution in [0.3, 0.4) is 0 Å². The molecule has 1 aliphatic rings. The molecule has 2 heterocycles. The first-order valence-corrected chi connectivity index (χ1v) is 7.77. The van der Waals surface area contributed by atoms with Gasteiger partial charge in [0.05, 0.1) is 24.8 Å². The molecular weight excluding hydrogens is 306 g/mol.